The van der Waals surface area contributed by atoms with Crippen molar-refractivity contribution in [3.8, 4) is 17.0 Å². The topological polar surface area (TPSA) is 91.8 Å². The van der Waals surface area contributed by atoms with E-state index in [1.54, 1.807) is 24.3 Å². The first kappa shape index (κ1) is 27.6. The van der Waals surface area contributed by atoms with Crippen LogP contribution in [0.4, 0.5) is 24.0 Å². The minimum absolute atomic E-state index is 0.0187. The summed E-state index contributed by atoms with van der Waals surface area (Å²) in [6.07, 6.45) is -4.97. The van der Waals surface area contributed by atoms with Crippen molar-refractivity contribution in [3.63, 3.8) is 0 Å². The van der Waals surface area contributed by atoms with Gasteiger partial charge in [-0.1, -0.05) is 42.5 Å². The second-order valence-electron chi connectivity index (χ2n) is 8.49. The lowest BCUT2D eigenvalue weighted by molar-refractivity contribution is -0.274. The molecule has 0 saturated carbocycles. The number of nitrogens with zero attached hydrogens (tertiary/aromatic N) is 2. The minimum atomic E-state index is -4.79. The molecule has 3 aromatic carbocycles. The van der Waals surface area contributed by atoms with Gasteiger partial charge < -0.3 is 20.1 Å². The number of alkyl halides is 3. The fourth-order valence-corrected chi connectivity index (χ4v) is 4.74. The van der Waals surface area contributed by atoms with Crippen molar-refractivity contribution in [1.82, 2.24) is 10.3 Å². The van der Waals surface area contributed by atoms with Crippen LogP contribution in [0.5, 0.6) is 5.75 Å². The Morgan fingerprint density at radius 1 is 1.00 bits per heavy atom. The van der Waals surface area contributed by atoms with E-state index in [4.69, 9.17) is 10.1 Å². The van der Waals surface area contributed by atoms with Gasteiger partial charge in [-0.2, -0.15) is 0 Å². The van der Waals surface area contributed by atoms with Gasteiger partial charge in [-0.05, 0) is 48.9 Å². The quantitative estimate of drug-likeness (QED) is 0.230. The second kappa shape index (κ2) is 12.0. The molecule has 2 N–H and O–H groups in total. The van der Waals surface area contributed by atoms with E-state index in [1.165, 1.54) is 35.6 Å². The molecule has 1 amide bonds. The van der Waals surface area contributed by atoms with Gasteiger partial charge >= 0.3 is 12.3 Å². The second-order valence-corrected chi connectivity index (χ2v) is 9.67. The SMILES string of the molecule is Cc1sc(N(Cc2ccc(C(=O)NCCC(=O)O)cc2)c2ccc(OC(F)(F)F)cc2)nc1-c1ccccc1. The summed E-state index contributed by atoms with van der Waals surface area (Å²) in [4.78, 5) is 30.7. The highest BCUT2D eigenvalue weighted by atomic mass is 32.1. The summed E-state index contributed by atoms with van der Waals surface area (Å²) in [6.45, 7) is 2.30. The van der Waals surface area contributed by atoms with Gasteiger partial charge in [0, 0.05) is 28.2 Å². The lowest BCUT2D eigenvalue weighted by Gasteiger charge is -2.23. The number of hydrogen-bond acceptors (Lipinski definition) is 6. The third kappa shape index (κ3) is 7.57. The number of carboxylic acid groups (broad SMARTS) is 1. The molecule has 1 aromatic heterocycles. The molecule has 0 unspecified atom stereocenters. The highest BCUT2D eigenvalue weighted by Crippen LogP contribution is 2.37. The van der Waals surface area contributed by atoms with Crippen LogP contribution in [0.1, 0.15) is 27.2 Å². The number of carbonyl (C=O) groups excluding carboxylic acids is 1. The van der Waals surface area contributed by atoms with Gasteiger partial charge in [0.2, 0.25) is 0 Å². The highest BCUT2D eigenvalue weighted by Gasteiger charge is 2.31. The van der Waals surface area contributed by atoms with Gasteiger partial charge in [0.1, 0.15) is 5.75 Å². The number of aliphatic carboxylic acids is 1. The Bertz CT molecular complexity index is 1420. The lowest BCUT2D eigenvalue weighted by Crippen LogP contribution is -2.26. The van der Waals surface area contributed by atoms with Crippen LogP contribution in [-0.4, -0.2) is 34.9 Å². The summed E-state index contributed by atoms with van der Waals surface area (Å²) < 4.78 is 42.0. The maximum Gasteiger partial charge on any atom is 0.573 e. The highest BCUT2D eigenvalue weighted by molar-refractivity contribution is 7.16. The van der Waals surface area contributed by atoms with Gasteiger partial charge in [-0.3, -0.25) is 9.59 Å². The summed E-state index contributed by atoms with van der Waals surface area (Å²) in [5.41, 5.74) is 3.56. The molecular weight excluding hydrogens is 531 g/mol. The number of thiazole rings is 1. The van der Waals surface area contributed by atoms with Crippen LogP contribution >= 0.6 is 11.3 Å². The van der Waals surface area contributed by atoms with Crippen LogP contribution in [0, 0.1) is 6.92 Å². The number of carboxylic acids is 1. The number of aromatic nitrogens is 1. The molecule has 0 aliphatic heterocycles. The molecule has 4 rings (SSSR count). The fraction of sp³-hybridized carbons (Fsp3) is 0.179. The molecule has 39 heavy (non-hydrogen) atoms. The first-order valence-electron chi connectivity index (χ1n) is 11.8. The van der Waals surface area contributed by atoms with Crippen molar-refractivity contribution in [2.24, 2.45) is 0 Å². The van der Waals surface area contributed by atoms with Crippen LogP contribution in [0.25, 0.3) is 11.3 Å². The van der Waals surface area contributed by atoms with Gasteiger partial charge in [-0.15, -0.1) is 24.5 Å². The number of aryl methyl sites for hydroxylation is 1. The van der Waals surface area contributed by atoms with Crippen molar-refractivity contribution in [2.45, 2.75) is 26.3 Å². The number of anilines is 2. The van der Waals surface area contributed by atoms with Crippen molar-refractivity contribution in [1.29, 1.82) is 0 Å². The van der Waals surface area contributed by atoms with E-state index in [0.717, 1.165) is 21.7 Å². The summed E-state index contributed by atoms with van der Waals surface area (Å²) in [5, 5.41) is 11.9. The van der Waals surface area contributed by atoms with Gasteiger partial charge in [0.25, 0.3) is 5.91 Å². The number of halogens is 3. The predicted molar refractivity (Wildman–Crippen MR) is 142 cm³/mol. The molecule has 11 heteroatoms. The first-order chi connectivity index (χ1) is 18.6. The van der Waals surface area contributed by atoms with E-state index in [0.29, 0.717) is 22.9 Å². The summed E-state index contributed by atoms with van der Waals surface area (Å²) in [7, 11) is 0. The Morgan fingerprint density at radius 2 is 1.67 bits per heavy atom. The first-order valence-corrected chi connectivity index (χ1v) is 12.7. The summed E-state index contributed by atoms with van der Waals surface area (Å²) >= 11 is 1.46. The largest absolute Gasteiger partial charge is 0.573 e. The van der Waals surface area contributed by atoms with Crippen molar-refractivity contribution >= 4 is 34.0 Å². The Kier molecular flexibility index (Phi) is 8.50. The molecule has 7 nitrogen and oxygen atoms in total. The lowest BCUT2D eigenvalue weighted by atomic mass is 10.1. The maximum absolute atomic E-state index is 12.7. The molecule has 1 heterocycles. The Hall–Kier alpha value is -4.38. The number of ether oxygens (including phenoxy) is 1. The summed E-state index contributed by atoms with van der Waals surface area (Å²) in [6, 6.07) is 22.0. The smallest absolute Gasteiger partial charge is 0.481 e. The molecule has 0 saturated heterocycles. The van der Waals surface area contributed by atoms with E-state index in [1.807, 2.05) is 42.2 Å². The van der Waals surface area contributed by atoms with E-state index in [2.05, 4.69) is 10.1 Å². The molecule has 0 spiro atoms. The fourth-order valence-electron chi connectivity index (χ4n) is 3.79. The zero-order valence-corrected chi connectivity index (χ0v) is 21.6. The van der Waals surface area contributed by atoms with Gasteiger partial charge in [-0.25, -0.2) is 4.98 Å². The standard InChI is InChI=1S/C28H24F3N3O4S/c1-18-25(20-5-3-2-4-6-20)33-27(39-18)34(22-11-13-23(14-12-22)38-28(29,30)31)17-19-7-9-21(10-8-19)26(37)32-16-15-24(35)36/h2-14H,15-17H2,1H3,(H,32,37)(H,35,36). The van der Waals surface area contributed by atoms with Crippen molar-refractivity contribution in [2.75, 3.05) is 11.4 Å². The molecule has 0 fully saturated rings. The maximum atomic E-state index is 12.7. The van der Waals surface area contributed by atoms with Crippen LogP contribution in [-0.2, 0) is 11.3 Å². The molecular formula is C28H24F3N3O4S. The molecule has 0 aliphatic carbocycles. The molecule has 202 valence electrons. The van der Waals surface area contributed by atoms with Gasteiger partial charge in [0.15, 0.2) is 5.13 Å². The molecule has 0 aliphatic rings. The van der Waals surface area contributed by atoms with Crippen LogP contribution in [0.3, 0.4) is 0 Å². The minimum Gasteiger partial charge on any atom is -0.481 e. The van der Waals surface area contributed by atoms with E-state index < -0.39 is 12.3 Å². The summed E-state index contributed by atoms with van der Waals surface area (Å²) in [5.74, 6) is -1.72. The number of hydrogen-bond donors (Lipinski definition) is 2. The zero-order chi connectivity index (χ0) is 28.0. The van der Waals surface area contributed by atoms with E-state index >= 15 is 0 Å². The van der Waals surface area contributed by atoms with E-state index in [-0.39, 0.29) is 24.6 Å². The number of benzene rings is 3. The zero-order valence-electron chi connectivity index (χ0n) is 20.7. The Labute approximate surface area is 226 Å². The molecule has 0 atom stereocenters. The Balaban J connectivity index is 1.61. The average molecular weight is 556 g/mol. The van der Waals surface area contributed by atoms with Gasteiger partial charge in [0.05, 0.1) is 18.7 Å². The van der Waals surface area contributed by atoms with E-state index in [9.17, 15) is 22.8 Å². The van der Waals surface area contributed by atoms with Crippen molar-refractivity contribution < 1.29 is 32.6 Å². The van der Waals surface area contributed by atoms with Crippen LogP contribution in [0.15, 0.2) is 78.9 Å². The predicted octanol–water partition coefficient (Wildman–Crippen LogP) is 6.56. The molecule has 0 radical (unpaired) electrons. The number of nitrogens with one attached hydrogen (secondary N) is 1. The van der Waals surface area contributed by atoms with Crippen LogP contribution in [0.2, 0.25) is 0 Å². The monoisotopic (exact) mass is 555 g/mol. The Morgan fingerprint density at radius 3 is 2.28 bits per heavy atom. The van der Waals surface area contributed by atoms with Crippen molar-refractivity contribution in [3.05, 3.63) is 94.9 Å². The third-order valence-electron chi connectivity index (χ3n) is 5.63. The molecule has 4 aromatic rings. The normalized spacial score (nSPS) is 11.2. The number of amides is 1. The number of carbonyl (C=O) groups is 2. The number of rotatable bonds is 10. The average Bonchev–Trinajstić information content (AvgIpc) is 3.28. The third-order valence-corrected chi connectivity index (χ3v) is 6.62. The molecule has 0 bridgehead atoms. The van der Waals surface area contributed by atoms with Crippen LogP contribution < -0.4 is 15.0 Å².